The summed E-state index contributed by atoms with van der Waals surface area (Å²) in [5.41, 5.74) is 1.15. The van der Waals surface area contributed by atoms with Gasteiger partial charge in [0.05, 0.1) is 6.61 Å². The van der Waals surface area contributed by atoms with Crippen molar-refractivity contribution in [3.05, 3.63) is 21.9 Å². The first-order valence-corrected chi connectivity index (χ1v) is 8.99. The van der Waals surface area contributed by atoms with Gasteiger partial charge in [0.25, 0.3) is 0 Å². The van der Waals surface area contributed by atoms with Gasteiger partial charge in [-0.3, -0.25) is 0 Å². The van der Waals surface area contributed by atoms with Crippen molar-refractivity contribution in [3.63, 3.8) is 0 Å². The lowest BCUT2D eigenvalue weighted by atomic mass is 9.88. The van der Waals surface area contributed by atoms with Crippen LogP contribution in [0, 0.1) is 29.6 Å². The first-order valence-electron chi connectivity index (χ1n) is 8.11. The number of thiophene rings is 1. The molecule has 0 aliphatic heterocycles. The number of nitrogens with zero attached hydrogens (tertiary/aromatic N) is 1. The van der Waals surface area contributed by atoms with Gasteiger partial charge < -0.3 is 10.0 Å². The molecule has 0 amide bonds. The quantitative estimate of drug-likeness (QED) is 0.843. The zero-order valence-electron chi connectivity index (χ0n) is 12.8. The Bertz CT molecular complexity index is 527. The molecule has 2 aliphatic rings. The van der Waals surface area contributed by atoms with E-state index in [2.05, 4.69) is 35.2 Å². The summed E-state index contributed by atoms with van der Waals surface area (Å²) in [6.45, 7) is 2.40. The highest BCUT2D eigenvalue weighted by atomic mass is 32.1. The van der Waals surface area contributed by atoms with Gasteiger partial charge in [-0.05, 0) is 55.5 Å². The molecule has 2 saturated carbocycles. The van der Waals surface area contributed by atoms with Gasteiger partial charge in [0, 0.05) is 30.0 Å². The second-order valence-corrected chi connectivity index (χ2v) is 7.67. The fourth-order valence-corrected chi connectivity index (χ4v) is 5.01. The number of hydrogen-bond donors (Lipinski definition) is 1. The summed E-state index contributed by atoms with van der Waals surface area (Å²) < 4.78 is 0. The lowest BCUT2D eigenvalue weighted by molar-refractivity contribution is 0.215. The normalized spacial score (nSPS) is 27.1. The molecule has 1 heterocycles. The zero-order valence-corrected chi connectivity index (χ0v) is 13.7. The highest BCUT2D eigenvalue weighted by Gasteiger charge is 2.39. The average Bonchev–Trinajstić information content (AvgIpc) is 3.16. The maximum Gasteiger partial charge on any atom is 0.0540 e. The standard InChI is InChI=1S/C18H25NOS/c1-19(12-17-11-14-5-6-16(17)10-14)13-18-15(7-9-21-18)4-2-3-8-20/h7,9,14,16-17,20H,3,5-6,8,10-13H2,1H3. The van der Waals surface area contributed by atoms with Gasteiger partial charge in [-0.15, -0.1) is 11.3 Å². The van der Waals surface area contributed by atoms with E-state index in [1.807, 2.05) is 0 Å². The maximum atomic E-state index is 8.81. The summed E-state index contributed by atoms with van der Waals surface area (Å²) in [5.74, 6) is 9.20. The van der Waals surface area contributed by atoms with Crippen LogP contribution in [0.5, 0.6) is 0 Å². The lowest BCUT2D eigenvalue weighted by Crippen LogP contribution is -2.28. The highest BCUT2D eigenvalue weighted by Crippen LogP contribution is 2.48. The number of aliphatic hydroxyl groups is 1. The smallest absolute Gasteiger partial charge is 0.0540 e. The highest BCUT2D eigenvalue weighted by molar-refractivity contribution is 7.10. The topological polar surface area (TPSA) is 23.5 Å². The van der Waals surface area contributed by atoms with E-state index in [1.165, 1.54) is 37.1 Å². The summed E-state index contributed by atoms with van der Waals surface area (Å²) >= 11 is 1.80. The van der Waals surface area contributed by atoms with E-state index in [9.17, 15) is 0 Å². The number of aliphatic hydroxyl groups excluding tert-OH is 1. The molecule has 0 saturated heterocycles. The third kappa shape index (κ3) is 3.69. The van der Waals surface area contributed by atoms with Crippen LogP contribution in [0.25, 0.3) is 0 Å². The van der Waals surface area contributed by atoms with E-state index >= 15 is 0 Å². The molecule has 1 N–H and O–H groups in total. The second kappa shape index (κ2) is 6.96. The molecule has 2 fully saturated rings. The van der Waals surface area contributed by atoms with Crippen LogP contribution < -0.4 is 0 Å². The molecule has 21 heavy (non-hydrogen) atoms. The van der Waals surface area contributed by atoms with Gasteiger partial charge in [-0.2, -0.15) is 0 Å². The van der Waals surface area contributed by atoms with Gasteiger partial charge in [0.15, 0.2) is 0 Å². The molecule has 3 unspecified atom stereocenters. The molecule has 2 bridgehead atoms. The van der Waals surface area contributed by atoms with Gasteiger partial charge in [-0.1, -0.05) is 18.3 Å². The molecule has 0 spiro atoms. The van der Waals surface area contributed by atoms with Crippen LogP contribution in [-0.4, -0.2) is 30.2 Å². The monoisotopic (exact) mass is 303 g/mol. The van der Waals surface area contributed by atoms with Crippen molar-refractivity contribution in [1.29, 1.82) is 0 Å². The minimum absolute atomic E-state index is 0.149. The van der Waals surface area contributed by atoms with Crippen molar-refractivity contribution in [2.75, 3.05) is 20.2 Å². The minimum Gasteiger partial charge on any atom is -0.395 e. The van der Waals surface area contributed by atoms with Crippen molar-refractivity contribution in [2.45, 2.75) is 38.6 Å². The summed E-state index contributed by atoms with van der Waals surface area (Å²) in [6, 6.07) is 2.11. The van der Waals surface area contributed by atoms with E-state index in [4.69, 9.17) is 5.11 Å². The van der Waals surface area contributed by atoms with Gasteiger partial charge in [-0.25, -0.2) is 0 Å². The first kappa shape index (κ1) is 15.1. The molecule has 1 aromatic heterocycles. The van der Waals surface area contributed by atoms with E-state index in [0.29, 0.717) is 6.42 Å². The molecule has 3 heteroatoms. The van der Waals surface area contributed by atoms with E-state index in [-0.39, 0.29) is 6.61 Å². The summed E-state index contributed by atoms with van der Waals surface area (Å²) in [6.07, 6.45) is 6.48. The predicted molar refractivity (Wildman–Crippen MR) is 88.2 cm³/mol. The van der Waals surface area contributed by atoms with Crippen LogP contribution >= 0.6 is 11.3 Å². The van der Waals surface area contributed by atoms with E-state index in [1.54, 1.807) is 11.3 Å². The van der Waals surface area contributed by atoms with E-state index < -0.39 is 0 Å². The number of rotatable bonds is 5. The fraction of sp³-hybridized carbons (Fsp3) is 0.667. The Hall–Kier alpha value is -0.820. The van der Waals surface area contributed by atoms with Crippen LogP contribution in [0.1, 0.15) is 42.5 Å². The summed E-state index contributed by atoms with van der Waals surface area (Å²) in [4.78, 5) is 3.85. The number of hydrogen-bond acceptors (Lipinski definition) is 3. The fourth-order valence-electron chi connectivity index (χ4n) is 4.10. The first-order chi connectivity index (χ1) is 10.3. The maximum absolute atomic E-state index is 8.81. The molecule has 2 nitrogen and oxygen atoms in total. The average molecular weight is 303 g/mol. The Morgan fingerprint density at radius 3 is 3.00 bits per heavy atom. The van der Waals surface area contributed by atoms with Crippen LogP contribution in [0.3, 0.4) is 0 Å². The third-order valence-electron chi connectivity index (χ3n) is 5.05. The van der Waals surface area contributed by atoms with Crippen LogP contribution in [0.2, 0.25) is 0 Å². The Morgan fingerprint density at radius 2 is 2.29 bits per heavy atom. The lowest BCUT2D eigenvalue weighted by Gasteiger charge is -2.27. The molecule has 1 aromatic rings. The largest absolute Gasteiger partial charge is 0.395 e. The van der Waals surface area contributed by atoms with Crippen molar-refractivity contribution >= 4 is 11.3 Å². The third-order valence-corrected chi connectivity index (χ3v) is 5.96. The Balaban J connectivity index is 1.54. The van der Waals surface area contributed by atoms with Crippen LogP contribution in [0.15, 0.2) is 11.4 Å². The van der Waals surface area contributed by atoms with Crippen LogP contribution in [0.4, 0.5) is 0 Å². The van der Waals surface area contributed by atoms with Crippen molar-refractivity contribution in [3.8, 4) is 11.8 Å². The van der Waals surface area contributed by atoms with Gasteiger partial charge in [0.1, 0.15) is 0 Å². The molecule has 114 valence electrons. The van der Waals surface area contributed by atoms with Gasteiger partial charge in [0.2, 0.25) is 0 Å². The van der Waals surface area contributed by atoms with Gasteiger partial charge >= 0.3 is 0 Å². The molecule has 0 radical (unpaired) electrons. The van der Waals surface area contributed by atoms with E-state index in [0.717, 1.165) is 29.9 Å². The number of fused-ring (bicyclic) bond motifs is 2. The molecular formula is C18H25NOS. The summed E-state index contributed by atoms with van der Waals surface area (Å²) in [5, 5.41) is 10.9. The second-order valence-electron chi connectivity index (χ2n) is 6.66. The minimum atomic E-state index is 0.149. The molecule has 3 atom stereocenters. The molecular weight excluding hydrogens is 278 g/mol. The SMILES string of the molecule is CN(Cc1sccc1C#CCCO)CC1CC2CCC1C2. The van der Waals surface area contributed by atoms with Crippen molar-refractivity contribution < 1.29 is 5.11 Å². The van der Waals surface area contributed by atoms with Crippen molar-refractivity contribution in [1.82, 2.24) is 4.90 Å². The molecule has 3 rings (SSSR count). The predicted octanol–water partition coefficient (Wildman–Crippen LogP) is 3.35. The molecule has 0 aromatic carbocycles. The summed E-state index contributed by atoms with van der Waals surface area (Å²) in [7, 11) is 2.25. The molecule has 2 aliphatic carbocycles. The Kier molecular flexibility index (Phi) is 5.00. The van der Waals surface area contributed by atoms with Crippen molar-refractivity contribution in [2.24, 2.45) is 17.8 Å². The zero-order chi connectivity index (χ0) is 14.7. The Labute approximate surface area is 132 Å². The van der Waals surface area contributed by atoms with Crippen LogP contribution in [-0.2, 0) is 6.54 Å². The Morgan fingerprint density at radius 1 is 1.38 bits per heavy atom.